The zero-order valence-electron chi connectivity index (χ0n) is 27.1. The van der Waals surface area contributed by atoms with Gasteiger partial charge in [0.05, 0.1) is 12.3 Å². The molecule has 11 nitrogen and oxygen atoms in total. The highest BCUT2D eigenvalue weighted by Gasteiger charge is 2.48. The third-order valence-corrected chi connectivity index (χ3v) is 7.54. The number of hydrogen-bond donors (Lipinski definition) is 5. The number of nitrogens with two attached hydrogens (primary N) is 1. The summed E-state index contributed by atoms with van der Waals surface area (Å²) < 4.78 is 5.45. The SMILES string of the molecule is CC#CCOc1ccc(C[C@H](NC(=O)[C@@H](C=CCCCCCCC(=O)CCCCCCC)[C@@](O)(CC(N)=O)C(=O)O)C(=O)O)cc1. The highest BCUT2D eigenvalue weighted by Crippen LogP contribution is 2.25. The van der Waals surface area contributed by atoms with E-state index in [-0.39, 0.29) is 18.8 Å². The van der Waals surface area contributed by atoms with Crippen LogP contribution in [0.5, 0.6) is 5.75 Å². The molecule has 0 saturated heterocycles. The second-order valence-electron chi connectivity index (χ2n) is 11.4. The number of amides is 2. The topological polar surface area (TPSA) is 193 Å². The van der Waals surface area contributed by atoms with Crippen molar-refractivity contribution in [2.24, 2.45) is 11.7 Å². The van der Waals surface area contributed by atoms with Crippen molar-refractivity contribution >= 4 is 29.5 Å². The third kappa shape index (κ3) is 15.7. The first kappa shape index (κ1) is 39.9. The predicted molar refractivity (Wildman–Crippen MR) is 174 cm³/mol. The fraction of sp³-hybridized carbons (Fsp3) is 0.571. The molecule has 1 aromatic rings. The molecule has 0 heterocycles. The summed E-state index contributed by atoms with van der Waals surface area (Å²) in [5, 5.41) is 32.9. The summed E-state index contributed by atoms with van der Waals surface area (Å²) >= 11 is 0. The molecule has 0 saturated carbocycles. The number of carboxylic acid groups (broad SMARTS) is 2. The maximum Gasteiger partial charge on any atom is 0.337 e. The van der Waals surface area contributed by atoms with Gasteiger partial charge in [-0.2, -0.15) is 0 Å². The summed E-state index contributed by atoms with van der Waals surface area (Å²) in [6.45, 7) is 4.03. The maximum absolute atomic E-state index is 13.3. The van der Waals surface area contributed by atoms with E-state index in [1.807, 2.05) is 0 Å². The molecular formula is C35H50N2O9. The van der Waals surface area contributed by atoms with Crippen LogP contribution in [0.3, 0.4) is 0 Å². The summed E-state index contributed by atoms with van der Waals surface area (Å²) in [6.07, 6.45) is 11.7. The van der Waals surface area contributed by atoms with E-state index in [1.165, 1.54) is 25.0 Å². The Morgan fingerprint density at radius 1 is 0.957 bits per heavy atom. The van der Waals surface area contributed by atoms with Crippen LogP contribution >= 0.6 is 0 Å². The number of carboxylic acids is 2. The number of rotatable bonds is 25. The zero-order chi connectivity index (χ0) is 34.4. The molecule has 0 fully saturated rings. The fourth-order valence-corrected chi connectivity index (χ4v) is 4.88. The number of Topliss-reactive ketones (excluding diaryl/α,β-unsaturated/α-hetero) is 1. The number of ketones is 1. The Hall–Kier alpha value is -4.17. The van der Waals surface area contributed by atoms with Gasteiger partial charge in [0.1, 0.15) is 24.2 Å². The molecular weight excluding hydrogens is 592 g/mol. The van der Waals surface area contributed by atoms with Crippen molar-refractivity contribution in [2.45, 2.75) is 115 Å². The number of allylic oxidation sites excluding steroid dienone is 1. The van der Waals surface area contributed by atoms with Gasteiger partial charge in [0.15, 0.2) is 5.60 Å². The number of hydrogen-bond acceptors (Lipinski definition) is 7. The summed E-state index contributed by atoms with van der Waals surface area (Å²) in [5.41, 5.74) is 2.85. The second kappa shape index (κ2) is 22.4. The Kier molecular flexibility index (Phi) is 19.4. The van der Waals surface area contributed by atoms with Crippen molar-refractivity contribution in [3.05, 3.63) is 42.0 Å². The molecule has 2 amide bonds. The molecule has 0 aromatic heterocycles. The Morgan fingerprint density at radius 3 is 2.11 bits per heavy atom. The van der Waals surface area contributed by atoms with Crippen LogP contribution in [-0.4, -0.2) is 63.1 Å². The van der Waals surface area contributed by atoms with Gasteiger partial charge in [-0.15, -0.1) is 5.92 Å². The molecule has 46 heavy (non-hydrogen) atoms. The van der Waals surface area contributed by atoms with Gasteiger partial charge in [0.25, 0.3) is 0 Å². The molecule has 0 radical (unpaired) electrons. The third-order valence-electron chi connectivity index (χ3n) is 7.54. The van der Waals surface area contributed by atoms with Gasteiger partial charge < -0.3 is 31.1 Å². The number of carbonyl (C=O) groups excluding carboxylic acids is 3. The Labute approximate surface area is 272 Å². The fourth-order valence-electron chi connectivity index (χ4n) is 4.88. The monoisotopic (exact) mass is 642 g/mol. The standard InChI is InChI=1S/C35H50N2O9/c1-3-5-7-10-13-16-27(38)17-14-11-8-9-12-15-18-29(35(45,34(43)44)25-31(36)39)32(40)37-30(33(41)42)24-26-19-21-28(22-20-26)46-23-6-4-2/h15,18-22,29-30,45H,3,5,7-14,16-17,23-25H2,1-2H3,(H2,36,39)(H,37,40)(H,41,42)(H,43,44)/t29-,30+,35+/m1/s1. The molecule has 0 aliphatic rings. The van der Waals surface area contributed by atoms with Gasteiger partial charge in [-0.3, -0.25) is 14.4 Å². The molecule has 0 aliphatic heterocycles. The molecule has 1 rings (SSSR count). The lowest BCUT2D eigenvalue weighted by Gasteiger charge is -2.29. The van der Waals surface area contributed by atoms with E-state index >= 15 is 0 Å². The van der Waals surface area contributed by atoms with E-state index in [0.717, 1.165) is 38.5 Å². The second-order valence-corrected chi connectivity index (χ2v) is 11.4. The quantitative estimate of drug-likeness (QED) is 0.0586. The van der Waals surface area contributed by atoms with Crippen LogP contribution in [0.1, 0.15) is 103 Å². The van der Waals surface area contributed by atoms with Crippen LogP contribution in [0.2, 0.25) is 0 Å². The van der Waals surface area contributed by atoms with E-state index in [0.29, 0.717) is 37.0 Å². The lowest BCUT2D eigenvalue weighted by Crippen LogP contribution is -2.56. The van der Waals surface area contributed by atoms with Crippen LogP contribution in [0, 0.1) is 17.8 Å². The highest BCUT2D eigenvalue weighted by molar-refractivity contribution is 5.95. The number of aliphatic carboxylic acids is 2. The number of unbranched alkanes of at least 4 members (excludes halogenated alkanes) is 8. The molecule has 1 aromatic carbocycles. The predicted octanol–water partition coefficient (Wildman–Crippen LogP) is 4.33. The average Bonchev–Trinajstić information content (AvgIpc) is 3.00. The number of aliphatic hydroxyl groups is 1. The minimum Gasteiger partial charge on any atom is -0.481 e. The number of benzene rings is 1. The first-order chi connectivity index (χ1) is 21.9. The highest BCUT2D eigenvalue weighted by atomic mass is 16.5. The van der Waals surface area contributed by atoms with E-state index in [1.54, 1.807) is 31.2 Å². The summed E-state index contributed by atoms with van der Waals surface area (Å²) in [4.78, 5) is 61.1. The van der Waals surface area contributed by atoms with Crippen molar-refractivity contribution in [2.75, 3.05) is 6.61 Å². The van der Waals surface area contributed by atoms with Crippen LogP contribution in [0.15, 0.2) is 36.4 Å². The van der Waals surface area contributed by atoms with Crippen molar-refractivity contribution in [1.82, 2.24) is 5.32 Å². The van der Waals surface area contributed by atoms with Crippen LogP contribution < -0.4 is 15.8 Å². The molecule has 11 heteroatoms. The van der Waals surface area contributed by atoms with Gasteiger partial charge in [-0.25, -0.2) is 9.59 Å². The Bertz CT molecular complexity index is 1220. The van der Waals surface area contributed by atoms with Gasteiger partial charge in [0, 0.05) is 19.3 Å². The summed E-state index contributed by atoms with van der Waals surface area (Å²) in [6, 6.07) is 5.04. The molecule has 0 spiro atoms. The van der Waals surface area contributed by atoms with Gasteiger partial charge in [0.2, 0.25) is 11.8 Å². The molecule has 0 bridgehead atoms. The Balaban J connectivity index is 2.83. The number of ether oxygens (including phenoxy) is 1. The molecule has 254 valence electrons. The minimum atomic E-state index is -2.90. The van der Waals surface area contributed by atoms with Crippen molar-refractivity contribution in [1.29, 1.82) is 0 Å². The smallest absolute Gasteiger partial charge is 0.337 e. The molecule has 0 aliphatic carbocycles. The van der Waals surface area contributed by atoms with Crippen molar-refractivity contribution < 1.29 is 44.0 Å². The van der Waals surface area contributed by atoms with Crippen LogP contribution in [-0.2, 0) is 30.4 Å². The zero-order valence-corrected chi connectivity index (χ0v) is 27.1. The van der Waals surface area contributed by atoms with Crippen LogP contribution in [0.4, 0.5) is 0 Å². The largest absolute Gasteiger partial charge is 0.481 e. The number of carbonyl (C=O) groups is 5. The molecule has 0 unspecified atom stereocenters. The van der Waals surface area contributed by atoms with Gasteiger partial charge in [-0.1, -0.05) is 75.7 Å². The van der Waals surface area contributed by atoms with E-state index < -0.39 is 47.7 Å². The van der Waals surface area contributed by atoms with E-state index in [4.69, 9.17) is 10.5 Å². The molecule has 3 atom stereocenters. The normalized spacial score (nSPS) is 13.5. The number of nitrogens with one attached hydrogen (secondary N) is 1. The summed E-state index contributed by atoms with van der Waals surface area (Å²) in [5.74, 6) is -0.990. The van der Waals surface area contributed by atoms with E-state index in [2.05, 4.69) is 24.1 Å². The van der Waals surface area contributed by atoms with Crippen molar-refractivity contribution in [3.8, 4) is 17.6 Å². The Morgan fingerprint density at radius 2 is 1.57 bits per heavy atom. The first-order valence-electron chi connectivity index (χ1n) is 16.0. The lowest BCUT2D eigenvalue weighted by atomic mass is 9.82. The van der Waals surface area contributed by atoms with Crippen molar-refractivity contribution in [3.63, 3.8) is 0 Å². The van der Waals surface area contributed by atoms with Gasteiger partial charge >= 0.3 is 11.9 Å². The van der Waals surface area contributed by atoms with E-state index in [9.17, 15) is 39.3 Å². The molecule has 6 N–H and O–H groups in total. The number of primary amides is 1. The maximum atomic E-state index is 13.3. The lowest BCUT2D eigenvalue weighted by molar-refractivity contribution is -0.169. The first-order valence-corrected chi connectivity index (χ1v) is 16.0. The minimum absolute atomic E-state index is 0.144. The average molecular weight is 643 g/mol. The summed E-state index contributed by atoms with van der Waals surface area (Å²) in [7, 11) is 0. The van der Waals surface area contributed by atoms with Gasteiger partial charge in [-0.05, 0) is 50.3 Å². The van der Waals surface area contributed by atoms with Crippen LogP contribution in [0.25, 0.3) is 0 Å².